The second-order valence-electron chi connectivity index (χ2n) is 5.28. The zero-order chi connectivity index (χ0) is 11.5. The molecule has 0 N–H and O–H groups in total. The van der Waals surface area contributed by atoms with Crippen LogP contribution in [-0.4, -0.2) is 19.0 Å². The smallest absolute Gasteiger partial charge is 0.173 e. The van der Waals surface area contributed by atoms with E-state index in [9.17, 15) is 0 Å². The van der Waals surface area contributed by atoms with Crippen molar-refractivity contribution in [1.82, 2.24) is 0 Å². The third-order valence-electron chi connectivity index (χ3n) is 4.21. The highest BCUT2D eigenvalue weighted by Gasteiger charge is 2.53. The standard InChI is InChI=1S/C14H22O2/c1-3-4-5-8-13(2)9-6-7-10-14(13)15-11-12-16-14/h1H,4-12H2,2H3/t13-/m1/s1. The molecule has 1 atom stereocenters. The van der Waals surface area contributed by atoms with Gasteiger partial charge in [0.15, 0.2) is 5.79 Å². The van der Waals surface area contributed by atoms with Crippen molar-refractivity contribution in [2.75, 3.05) is 13.2 Å². The molecule has 90 valence electrons. The molecule has 2 rings (SSSR count). The first-order valence-electron chi connectivity index (χ1n) is 6.44. The molecule has 0 radical (unpaired) electrons. The lowest BCUT2D eigenvalue weighted by molar-refractivity contribution is -0.253. The Kier molecular flexibility index (Phi) is 3.56. The van der Waals surface area contributed by atoms with Gasteiger partial charge in [-0.05, 0) is 25.7 Å². The van der Waals surface area contributed by atoms with Crippen LogP contribution in [0.2, 0.25) is 0 Å². The van der Waals surface area contributed by atoms with Crippen LogP contribution in [0.3, 0.4) is 0 Å². The van der Waals surface area contributed by atoms with Gasteiger partial charge in [-0.15, -0.1) is 12.3 Å². The molecule has 1 aliphatic heterocycles. The van der Waals surface area contributed by atoms with Crippen LogP contribution < -0.4 is 0 Å². The van der Waals surface area contributed by atoms with Gasteiger partial charge in [-0.25, -0.2) is 0 Å². The highest BCUT2D eigenvalue weighted by molar-refractivity contribution is 4.97. The van der Waals surface area contributed by atoms with Crippen molar-refractivity contribution in [3.63, 3.8) is 0 Å². The maximum Gasteiger partial charge on any atom is 0.173 e. The summed E-state index contributed by atoms with van der Waals surface area (Å²) in [6, 6.07) is 0. The van der Waals surface area contributed by atoms with Crippen LogP contribution in [0, 0.1) is 17.8 Å². The number of rotatable bonds is 3. The van der Waals surface area contributed by atoms with Gasteiger partial charge in [-0.1, -0.05) is 13.3 Å². The first-order valence-corrected chi connectivity index (χ1v) is 6.44. The van der Waals surface area contributed by atoms with E-state index in [4.69, 9.17) is 15.9 Å². The fourth-order valence-electron chi connectivity index (χ4n) is 3.21. The predicted octanol–water partition coefficient (Wildman–Crippen LogP) is 3.11. The Morgan fingerprint density at radius 1 is 1.19 bits per heavy atom. The Hall–Kier alpha value is -0.520. The minimum atomic E-state index is -0.292. The van der Waals surface area contributed by atoms with Crippen LogP contribution >= 0.6 is 0 Å². The van der Waals surface area contributed by atoms with E-state index in [1.165, 1.54) is 19.3 Å². The van der Waals surface area contributed by atoms with Gasteiger partial charge in [0.1, 0.15) is 0 Å². The lowest BCUT2D eigenvalue weighted by Gasteiger charge is -2.48. The van der Waals surface area contributed by atoms with E-state index in [0.717, 1.165) is 38.9 Å². The van der Waals surface area contributed by atoms with E-state index < -0.39 is 0 Å². The van der Waals surface area contributed by atoms with Crippen molar-refractivity contribution in [2.45, 2.75) is 57.7 Å². The molecule has 16 heavy (non-hydrogen) atoms. The molecule has 0 unspecified atom stereocenters. The van der Waals surface area contributed by atoms with Crippen LogP contribution in [-0.2, 0) is 9.47 Å². The van der Waals surface area contributed by atoms with E-state index in [1.54, 1.807) is 0 Å². The number of hydrogen-bond donors (Lipinski definition) is 0. The molecule has 0 aromatic heterocycles. The second kappa shape index (κ2) is 4.77. The molecule has 2 nitrogen and oxygen atoms in total. The quantitative estimate of drug-likeness (QED) is 0.539. The number of hydrogen-bond acceptors (Lipinski definition) is 2. The molecule has 1 heterocycles. The molecule has 1 saturated heterocycles. The molecule has 2 aliphatic rings. The van der Waals surface area contributed by atoms with Crippen LogP contribution in [0.1, 0.15) is 51.9 Å². The molecular formula is C14H22O2. The van der Waals surface area contributed by atoms with Crippen molar-refractivity contribution in [3.8, 4) is 12.3 Å². The van der Waals surface area contributed by atoms with Gasteiger partial charge < -0.3 is 9.47 Å². The fraction of sp³-hybridized carbons (Fsp3) is 0.857. The Morgan fingerprint density at radius 2 is 1.88 bits per heavy atom. The SMILES string of the molecule is C#CCCC[C@]1(C)CCCCC12OCCO2. The zero-order valence-electron chi connectivity index (χ0n) is 10.3. The number of unbranched alkanes of at least 4 members (excludes halogenated alkanes) is 1. The van der Waals surface area contributed by atoms with Gasteiger partial charge in [-0.2, -0.15) is 0 Å². The molecule has 1 saturated carbocycles. The third kappa shape index (κ3) is 1.99. The van der Waals surface area contributed by atoms with E-state index in [1.807, 2.05) is 0 Å². The second-order valence-corrected chi connectivity index (χ2v) is 5.28. The monoisotopic (exact) mass is 222 g/mol. The minimum absolute atomic E-state index is 0.165. The van der Waals surface area contributed by atoms with Crippen LogP contribution in [0.15, 0.2) is 0 Å². The van der Waals surface area contributed by atoms with Crippen molar-refractivity contribution in [3.05, 3.63) is 0 Å². The van der Waals surface area contributed by atoms with Gasteiger partial charge in [0.05, 0.1) is 13.2 Å². The topological polar surface area (TPSA) is 18.5 Å². The summed E-state index contributed by atoms with van der Waals surface area (Å²) in [4.78, 5) is 0. The molecule has 0 aromatic rings. The maximum atomic E-state index is 5.95. The van der Waals surface area contributed by atoms with Crippen LogP contribution in [0.4, 0.5) is 0 Å². The van der Waals surface area contributed by atoms with Crippen molar-refractivity contribution < 1.29 is 9.47 Å². The molecule has 1 spiro atoms. The highest BCUT2D eigenvalue weighted by atomic mass is 16.7. The van der Waals surface area contributed by atoms with Crippen molar-refractivity contribution >= 4 is 0 Å². The van der Waals surface area contributed by atoms with E-state index in [-0.39, 0.29) is 11.2 Å². The van der Waals surface area contributed by atoms with Gasteiger partial charge in [-0.3, -0.25) is 0 Å². The Labute approximate surface area is 98.7 Å². The summed E-state index contributed by atoms with van der Waals surface area (Å²) >= 11 is 0. The minimum Gasteiger partial charge on any atom is -0.347 e. The normalized spacial score (nSPS) is 32.8. The van der Waals surface area contributed by atoms with E-state index in [0.29, 0.717) is 0 Å². The third-order valence-corrected chi connectivity index (χ3v) is 4.21. The first-order chi connectivity index (χ1) is 7.72. The lowest BCUT2D eigenvalue weighted by atomic mass is 9.67. The van der Waals surface area contributed by atoms with Crippen LogP contribution in [0.5, 0.6) is 0 Å². The molecule has 0 bridgehead atoms. The molecule has 0 amide bonds. The Morgan fingerprint density at radius 3 is 2.56 bits per heavy atom. The number of terminal acetylenes is 1. The molecule has 2 fully saturated rings. The van der Waals surface area contributed by atoms with E-state index in [2.05, 4.69) is 12.8 Å². The summed E-state index contributed by atoms with van der Waals surface area (Å²) in [5.41, 5.74) is 0.165. The van der Waals surface area contributed by atoms with Crippen molar-refractivity contribution in [2.24, 2.45) is 5.41 Å². The Bertz CT molecular complexity index is 273. The zero-order valence-corrected chi connectivity index (χ0v) is 10.3. The fourth-order valence-corrected chi connectivity index (χ4v) is 3.21. The van der Waals surface area contributed by atoms with Crippen LogP contribution in [0.25, 0.3) is 0 Å². The summed E-state index contributed by atoms with van der Waals surface area (Å²) in [5.74, 6) is 2.43. The Balaban J connectivity index is 2.05. The van der Waals surface area contributed by atoms with Gasteiger partial charge in [0.25, 0.3) is 0 Å². The summed E-state index contributed by atoms with van der Waals surface area (Å²) in [6.07, 6.45) is 13.2. The largest absolute Gasteiger partial charge is 0.347 e. The molecule has 1 aliphatic carbocycles. The summed E-state index contributed by atoms with van der Waals surface area (Å²) < 4.78 is 11.9. The maximum absolute atomic E-state index is 5.95. The van der Waals surface area contributed by atoms with Crippen molar-refractivity contribution in [1.29, 1.82) is 0 Å². The van der Waals surface area contributed by atoms with E-state index >= 15 is 0 Å². The first kappa shape index (κ1) is 12.0. The lowest BCUT2D eigenvalue weighted by Crippen LogP contribution is -2.49. The summed E-state index contributed by atoms with van der Waals surface area (Å²) in [6.45, 7) is 3.82. The number of ether oxygens (including phenoxy) is 2. The predicted molar refractivity (Wildman–Crippen MR) is 63.9 cm³/mol. The average Bonchev–Trinajstić information content (AvgIpc) is 2.74. The molecule has 0 aromatic carbocycles. The average molecular weight is 222 g/mol. The summed E-state index contributed by atoms with van der Waals surface area (Å²) in [7, 11) is 0. The van der Waals surface area contributed by atoms with Gasteiger partial charge >= 0.3 is 0 Å². The van der Waals surface area contributed by atoms with Gasteiger partial charge in [0, 0.05) is 18.3 Å². The molecular weight excluding hydrogens is 200 g/mol. The highest BCUT2D eigenvalue weighted by Crippen LogP contribution is 2.51. The summed E-state index contributed by atoms with van der Waals surface area (Å²) in [5, 5.41) is 0. The van der Waals surface area contributed by atoms with Gasteiger partial charge in [0.2, 0.25) is 0 Å². The molecule has 2 heteroatoms.